The molecule has 0 radical (unpaired) electrons. The van der Waals surface area contributed by atoms with Crippen molar-refractivity contribution in [2.75, 3.05) is 33.3 Å². The normalized spacial score (nSPS) is 10.4. The Morgan fingerprint density at radius 2 is 1.73 bits per heavy atom. The van der Waals surface area contributed by atoms with Gasteiger partial charge < -0.3 is 24.3 Å². The van der Waals surface area contributed by atoms with Crippen molar-refractivity contribution in [1.82, 2.24) is 4.98 Å². The summed E-state index contributed by atoms with van der Waals surface area (Å²) in [5.74, 6) is -0.553. The lowest BCUT2D eigenvalue weighted by atomic mass is 10.1. The van der Waals surface area contributed by atoms with Crippen LogP contribution in [0.4, 0.5) is 10.1 Å². The van der Waals surface area contributed by atoms with Crippen molar-refractivity contribution in [3.05, 3.63) is 54.0 Å². The van der Waals surface area contributed by atoms with Crippen LogP contribution in [0, 0.1) is 5.82 Å². The number of halogens is 1. The minimum atomic E-state index is -0.680. The molecule has 156 valence electrons. The summed E-state index contributed by atoms with van der Waals surface area (Å²) in [6.45, 7) is -0.384. The highest BCUT2D eigenvalue weighted by Crippen LogP contribution is 2.30. The van der Waals surface area contributed by atoms with Crippen LogP contribution in [0.2, 0.25) is 0 Å². The second-order valence-corrected chi connectivity index (χ2v) is 6.07. The fraction of sp³-hybridized carbons (Fsp3) is 0.190. The number of amides is 1. The monoisotopic (exact) mass is 414 g/mol. The number of methoxy groups -OCH3 is 3. The number of ether oxygens (including phenoxy) is 4. The summed E-state index contributed by atoms with van der Waals surface area (Å²) in [6, 6.07) is 10.0. The molecule has 3 rings (SSSR count). The standard InChI is InChI=1S/C21H19FN2O6/c1-27-17-7-5-13(9-19(17)28-2)23-20(25)11-30-18-10-16(21(26)29-3)24-15-6-4-12(22)8-14(15)18/h4-10H,11H2,1-3H3,(H,23,25). The van der Waals surface area contributed by atoms with Crippen molar-refractivity contribution in [2.45, 2.75) is 0 Å². The van der Waals surface area contributed by atoms with Gasteiger partial charge in [0.15, 0.2) is 23.8 Å². The Morgan fingerprint density at radius 1 is 0.967 bits per heavy atom. The number of fused-ring (bicyclic) bond motifs is 1. The fourth-order valence-electron chi connectivity index (χ4n) is 2.75. The van der Waals surface area contributed by atoms with Crippen LogP contribution in [0.25, 0.3) is 10.9 Å². The molecule has 0 bridgehead atoms. The molecule has 0 spiro atoms. The van der Waals surface area contributed by atoms with Crippen LogP contribution in [-0.4, -0.2) is 44.8 Å². The highest BCUT2D eigenvalue weighted by Gasteiger charge is 2.15. The number of benzene rings is 2. The maximum atomic E-state index is 13.7. The van der Waals surface area contributed by atoms with Gasteiger partial charge in [0, 0.05) is 23.2 Å². The predicted octanol–water partition coefficient (Wildman–Crippen LogP) is 3.20. The molecular formula is C21H19FN2O6. The number of aromatic nitrogens is 1. The van der Waals surface area contributed by atoms with E-state index in [1.807, 2.05) is 0 Å². The fourth-order valence-corrected chi connectivity index (χ4v) is 2.75. The quantitative estimate of drug-likeness (QED) is 0.593. The number of pyridine rings is 1. The third kappa shape index (κ3) is 4.57. The number of esters is 1. The molecule has 0 aliphatic heterocycles. The first-order chi connectivity index (χ1) is 14.4. The lowest BCUT2D eigenvalue weighted by Gasteiger charge is -2.12. The van der Waals surface area contributed by atoms with Gasteiger partial charge in [-0.2, -0.15) is 0 Å². The number of nitrogens with zero attached hydrogens (tertiary/aromatic N) is 1. The highest BCUT2D eigenvalue weighted by molar-refractivity contribution is 5.95. The summed E-state index contributed by atoms with van der Waals surface area (Å²) >= 11 is 0. The van der Waals surface area contributed by atoms with Crippen LogP contribution in [0.15, 0.2) is 42.5 Å². The van der Waals surface area contributed by atoms with Crippen LogP contribution in [0.5, 0.6) is 17.2 Å². The third-order valence-corrected chi connectivity index (χ3v) is 4.15. The molecule has 0 aliphatic carbocycles. The van der Waals surface area contributed by atoms with Gasteiger partial charge in [-0.25, -0.2) is 14.2 Å². The van der Waals surface area contributed by atoms with E-state index in [9.17, 15) is 14.0 Å². The van der Waals surface area contributed by atoms with Crippen LogP contribution < -0.4 is 19.5 Å². The zero-order valence-corrected chi connectivity index (χ0v) is 16.5. The van der Waals surface area contributed by atoms with E-state index in [1.165, 1.54) is 45.6 Å². The van der Waals surface area contributed by atoms with E-state index in [0.29, 0.717) is 28.1 Å². The summed E-state index contributed by atoms with van der Waals surface area (Å²) in [4.78, 5) is 28.3. The second-order valence-electron chi connectivity index (χ2n) is 6.07. The first kappa shape index (κ1) is 20.8. The maximum absolute atomic E-state index is 13.7. The van der Waals surface area contributed by atoms with Crippen LogP contribution in [0.1, 0.15) is 10.5 Å². The molecule has 9 heteroatoms. The number of anilines is 1. The summed E-state index contributed by atoms with van der Waals surface area (Å²) < 4.78 is 34.3. The van der Waals surface area contributed by atoms with E-state index >= 15 is 0 Å². The van der Waals surface area contributed by atoms with Crippen molar-refractivity contribution < 1.29 is 32.9 Å². The molecule has 0 saturated carbocycles. The molecule has 3 aromatic rings. The van der Waals surface area contributed by atoms with Gasteiger partial charge in [-0.1, -0.05) is 0 Å². The van der Waals surface area contributed by atoms with Crippen molar-refractivity contribution in [1.29, 1.82) is 0 Å². The van der Waals surface area contributed by atoms with Crippen LogP contribution in [0.3, 0.4) is 0 Å². The molecule has 1 aromatic heterocycles. The molecule has 30 heavy (non-hydrogen) atoms. The summed E-state index contributed by atoms with van der Waals surface area (Å²) in [6.07, 6.45) is 0. The van der Waals surface area contributed by atoms with Gasteiger partial charge in [-0.15, -0.1) is 0 Å². The Kier molecular flexibility index (Phi) is 6.31. The molecular weight excluding hydrogens is 395 g/mol. The van der Waals surface area contributed by atoms with Gasteiger partial charge in [0.1, 0.15) is 11.6 Å². The van der Waals surface area contributed by atoms with Crippen molar-refractivity contribution in [3.63, 3.8) is 0 Å². The summed E-state index contributed by atoms with van der Waals surface area (Å²) in [5, 5.41) is 2.99. The largest absolute Gasteiger partial charge is 0.493 e. The minimum absolute atomic E-state index is 0.0214. The lowest BCUT2D eigenvalue weighted by Crippen LogP contribution is -2.20. The zero-order valence-electron chi connectivity index (χ0n) is 16.5. The lowest BCUT2D eigenvalue weighted by molar-refractivity contribution is -0.118. The van der Waals surface area contributed by atoms with Gasteiger partial charge in [0.25, 0.3) is 5.91 Å². The van der Waals surface area contributed by atoms with Gasteiger partial charge in [0.05, 0.1) is 26.8 Å². The number of rotatable bonds is 7. The van der Waals surface area contributed by atoms with E-state index in [2.05, 4.69) is 15.0 Å². The van der Waals surface area contributed by atoms with E-state index in [1.54, 1.807) is 18.2 Å². The van der Waals surface area contributed by atoms with Crippen LogP contribution >= 0.6 is 0 Å². The average Bonchev–Trinajstić information content (AvgIpc) is 2.76. The number of hydrogen-bond acceptors (Lipinski definition) is 7. The smallest absolute Gasteiger partial charge is 0.356 e. The molecule has 0 fully saturated rings. The highest BCUT2D eigenvalue weighted by atomic mass is 19.1. The molecule has 0 unspecified atom stereocenters. The van der Waals surface area contributed by atoms with E-state index < -0.39 is 17.7 Å². The summed E-state index contributed by atoms with van der Waals surface area (Å²) in [5.41, 5.74) is 0.781. The molecule has 1 heterocycles. The molecule has 1 N–H and O–H groups in total. The Labute approximate surface area is 171 Å². The van der Waals surface area contributed by atoms with E-state index in [0.717, 1.165) is 0 Å². The Hall–Kier alpha value is -3.88. The summed E-state index contributed by atoms with van der Waals surface area (Å²) in [7, 11) is 4.21. The second kappa shape index (κ2) is 9.08. The molecule has 0 atom stereocenters. The first-order valence-electron chi connectivity index (χ1n) is 8.78. The number of carbonyl (C=O) groups excluding carboxylic acids is 2. The van der Waals surface area contributed by atoms with Gasteiger partial charge in [-0.05, 0) is 30.3 Å². The zero-order chi connectivity index (χ0) is 21.7. The van der Waals surface area contributed by atoms with Gasteiger partial charge in [0.2, 0.25) is 0 Å². The maximum Gasteiger partial charge on any atom is 0.356 e. The number of hydrogen-bond donors (Lipinski definition) is 1. The molecule has 1 amide bonds. The van der Waals surface area contributed by atoms with Crippen molar-refractivity contribution >= 4 is 28.5 Å². The molecule has 2 aromatic carbocycles. The third-order valence-electron chi connectivity index (χ3n) is 4.15. The number of nitrogens with one attached hydrogen (secondary N) is 1. The van der Waals surface area contributed by atoms with Gasteiger partial charge >= 0.3 is 5.97 Å². The Balaban J connectivity index is 1.80. The molecule has 8 nitrogen and oxygen atoms in total. The first-order valence-corrected chi connectivity index (χ1v) is 8.78. The average molecular weight is 414 g/mol. The van der Waals surface area contributed by atoms with E-state index in [-0.39, 0.29) is 18.1 Å². The predicted molar refractivity (Wildman–Crippen MR) is 107 cm³/mol. The van der Waals surface area contributed by atoms with E-state index in [4.69, 9.17) is 14.2 Å². The SMILES string of the molecule is COC(=O)c1cc(OCC(=O)Nc2ccc(OC)c(OC)c2)c2cc(F)ccc2n1. The number of carbonyl (C=O) groups is 2. The van der Waals surface area contributed by atoms with Crippen LogP contribution in [-0.2, 0) is 9.53 Å². The molecule has 0 aliphatic rings. The molecule has 0 saturated heterocycles. The van der Waals surface area contributed by atoms with Crippen molar-refractivity contribution in [3.8, 4) is 17.2 Å². The van der Waals surface area contributed by atoms with Crippen molar-refractivity contribution in [2.24, 2.45) is 0 Å². The topological polar surface area (TPSA) is 96.0 Å². The Morgan fingerprint density at radius 3 is 2.43 bits per heavy atom. The van der Waals surface area contributed by atoms with Gasteiger partial charge in [-0.3, -0.25) is 4.79 Å². The Bertz CT molecular complexity index is 1100. The minimum Gasteiger partial charge on any atom is -0.493 e.